The number of primary amides is 1. The summed E-state index contributed by atoms with van der Waals surface area (Å²) in [5.74, 6) is -4.83. The summed E-state index contributed by atoms with van der Waals surface area (Å²) in [4.78, 5) is 65.3. The van der Waals surface area contributed by atoms with Crippen molar-refractivity contribution in [1.29, 1.82) is 0 Å². The molecule has 2 aromatic rings. The van der Waals surface area contributed by atoms with Gasteiger partial charge >= 0.3 is 18.0 Å². The Labute approximate surface area is 226 Å². The molecule has 0 unspecified atom stereocenters. The van der Waals surface area contributed by atoms with Crippen molar-refractivity contribution in [3.63, 3.8) is 0 Å². The largest absolute Gasteiger partial charge is 0.466 e. The van der Waals surface area contributed by atoms with Crippen LogP contribution in [0.4, 0.5) is 4.79 Å². The third-order valence-electron chi connectivity index (χ3n) is 6.28. The first-order valence-electron chi connectivity index (χ1n) is 12.7. The summed E-state index contributed by atoms with van der Waals surface area (Å²) in [5, 5.41) is 2.49. The lowest BCUT2D eigenvalue weighted by Crippen LogP contribution is -2.59. The number of carbonyl (C=O) groups excluding carboxylic acids is 5. The molecule has 208 valence electrons. The van der Waals surface area contributed by atoms with Gasteiger partial charge < -0.3 is 25.3 Å². The van der Waals surface area contributed by atoms with Gasteiger partial charge in [0.25, 0.3) is 0 Å². The lowest BCUT2D eigenvalue weighted by molar-refractivity contribution is -0.157. The van der Waals surface area contributed by atoms with E-state index in [1.807, 2.05) is 42.5 Å². The Morgan fingerprint density at radius 2 is 1.56 bits per heavy atom. The quantitative estimate of drug-likeness (QED) is 0.324. The van der Waals surface area contributed by atoms with Crippen molar-refractivity contribution >= 4 is 29.8 Å². The number of benzene rings is 2. The topological polar surface area (TPSA) is 154 Å². The summed E-state index contributed by atoms with van der Waals surface area (Å²) < 4.78 is 15.4. The van der Waals surface area contributed by atoms with Crippen molar-refractivity contribution < 1.29 is 38.2 Å². The number of hydrogen-bond donors (Lipinski definition) is 2. The van der Waals surface area contributed by atoms with Crippen molar-refractivity contribution in [2.75, 3.05) is 13.2 Å². The van der Waals surface area contributed by atoms with Crippen molar-refractivity contribution in [1.82, 2.24) is 10.2 Å². The van der Waals surface area contributed by atoms with Crippen LogP contribution in [0.5, 0.6) is 0 Å². The first-order chi connectivity index (χ1) is 18.7. The maximum atomic E-state index is 13.6. The fraction of sp³-hybridized carbons (Fsp3) is 0.393. The first kappa shape index (κ1) is 29.2. The Bertz CT molecular complexity index is 1190. The molecule has 0 saturated carbocycles. The molecular formula is C28H33N3O8. The van der Waals surface area contributed by atoms with E-state index >= 15 is 0 Å². The molecule has 0 bridgehead atoms. The van der Waals surface area contributed by atoms with Crippen LogP contribution in [0.15, 0.2) is 54.6 Å². The molecule has 1 aliphatic heterocycles. The van der Waals surface area contributed by atoms with Gasteiger partial charge in [-0.25, -0.2) is 4.79 Å². The lowest BCUT2D eigenvalue weighted by Gasteiger charge is -2.36. The predicted octanol–water partition coefficient (Wildman–Crippen LogP) is 1.85. The number of carbonyl (C=O) groups is 5. The Morgan fingerprint density at radius 3 is 2.21 bits per heavy atom. The van der Waals surface area contributed by atoms with E-state index in [1.165, 1.54) is 4.90 Å². The highest BCUT2D eigenvalue weighted by Crippen LogP contribution is 2.25. The maximum absolute atomic E-state index is 13.6. The van der Waals surface area contributed by atoms with E-state index in [0.29, 0.717) is 0 Å². The molecule has 11 heteroatoms. The fourth-order valence-electron chi connectivity index (χ4n) is 4.36. The minimum absolute atomic E-state index is 0.000538. The van der Waals surface area contributed by atoms with Gasteiger partial charge in [0.15, 0.2) is 0 Å². The molecule has 0 spiro atoms. The zero-order valence-corrected chi connectivity index (χ0v) is 22.0. The third kappa shape index (κ3) is 7.79. The molecule has 0 saturated heterocycles. The van der Waals surface area contributed by atoms with Crippen LogP contribution in [0.25, 0.3) is 0 Å². The van der Waals surface area contributed by atoms with Gasteiger partial charge in [-0.15, -0.1) is 0 Å². The van der Waals surface area contributed by atoms with Crippen LogP contribution in [0.2, 0.25) is 0 Å². The van der Waals surface area contributed by atoms with Crippen molar-refractivity contribution in [2.24, 2.45) is 11.7 Å². The van der Waals surface area contributed by atoms with Crippen LogP contribution < -0.4 is 11.1 Å². The zero-order chi connectivity index (χ0) is 28.4. The normalized spacial score (nSPS) is 15.7. The molecule has 2 aromatic carbocycles. The minimum atomic E-state index is -1.58. The Hall–Kier alpha value is -4.41. The van der Waals surface area contributed by atoms with Crippen LogP contribution in [-0.2, 0) is 53.0 Å². The van der Waals surface area contributed by atoms with Gasteiger partial charge in [0, 0.05) is 6.42 Å². The van der Waals surface area contributed by atoms with E-state index in [2.05, 4.69) is 5.32 Å². The molecule has 1 aliphatic rings. The summed E-state index contributed by atoms with van der Waals surface area (Å²) in [6.45, 7) is 3.29. The summed E-state index contributed by atoms with van der Waals surface area (Å²) in [6.07, 6.45) is -1.12. The van der Waals surface area contributed by atoms with Crippen LogP contribution in [0.1, 0.15) is 37.0 Å². The van der Waals surface area contributed by atoms with E-state index in [1.54, 1.807) is 26.0 Å². The van der Waals surface area contributed by atoms with Gasteiger partial charge in [0.05, 0.1) is 32.1 Å². The van der Waals surface area contributed by atoms with Gasteiger partial charge in [-0.3, -0.25) is 24.1 Å². The smallest absolute Gasteiger partial charge is 0.411 e. The number of nitrogens with two attached hydrogens (primary N) is 1. The standard InChI is InChI=1S/C28H33N3O8/c1-3-37-23(32)15-21(27(35)38-4-2)24(25(29)33)30-26(34)22-14-19-12-8-9-13-20(19)16-31(22)28(36)39-17-18-10-6-5-7-11-18/h5-13,21-22,24H,3-4,14-17H2,1-2H3,(H2,29,33)(H,30,34)/t21-,22-,24+/m0/s1. The number of rotatable bonds is 11. The van der Waals surface area contributed by atoms with Gasteiger partial charge in [0.1, 0.15) is 18.7 Å². The summed E-state index contributed by atoms with van der Waals surface area (Å²) in [7, 11) is 0. The second-order valence-corrected chi connectivity index (χ2v) is 8.91. The van der Waals surface area contributed by atoms with E-state index in [-0.39, 0.29) is 32.8 Å². The molecular weight excluding hydrogens is 506 g/mol. The number of nitrogens with one attached hydrogen (secondary N) is 1. The number of esters is 2. The number of ether oxygens (including phenoxy) is 3. The van der Waals surface area contributed by atoms with Gasteiger partial charge in [-0.1, -0.05) is 54.6 Å². The van der Waals surface area contributed by atoms with Crippen LogP contribution in [0, 0.1) is 5.92 Å². The van der Waals surface area contributed by atoms with E-state index in [4.69, 9.17) is 19.9 Å². The molecule has 0 radical (unpaired) electrons. The molecule has 39 heavy (non-hydrogen) atoms. The molecule has 0 fully saturated rings. The van der Waals surface area contributed by atoms with Gasteiger partial charge in [-0.2, -0.15) is 0 Å². The monoisotopic (exact) mass is 539 g/mol. The van der Waals surface area contributed by atoms with Crippen LogP contribution in [0.3, 0.4) is 0 Å². The Balaban J connectivity index is 1.85. The molecule has 3 atom stereocenters. The van der Waals surface area contributed by atoms with Crippen molar-refractivity contribution in [2.45, 2.75) is 51.9 Å². The minimum Gasteiger partial charge on any atom is -0.466 e. The Kier molecular flexibility index (Phi) is 10.4. The average Bonchev–Trinajstić information content (AvgIpc) is 2.93. The molecule has 3 rings (SSSR count). The van der Waals surface area contributed by atoms with E-state index < -0.39 is 54.3 Å². The zero-order valence-electron chi connectivity index (χ0n) is 22.0. The third-order valence-corrected chi connectivity index (χ3v) is 6.28. The van der Waals surface area contributed by atoms with Crippen LogP contribution >= 0.6 is 0 Å². The first-order valence-corrected chi connectivity index (χ1v) is 12.7. The summed E-state index contributed by atoms with van der Waals surface area (Å²) in [5.41, 5.74) is 8.02. The highest BCUT2D eigenvalue weighted by Gasteiger charge is 2.41. The van der Waals surface area contributed by atoms with Gasteiger partial charge in [0.2, 0.25) is 11.8 Å². The number of amides is 3. The number of fused-ring (bicyclic) bond motifs is 1. The maximum Gasteiger partial charge on any atom is 0.411 e. The highest BCUT2D eigenvalue weighted by atomic mass is 16.6. The molecule has 0 aliphatic carbocycles. The second kappa shape index (κ2) is 13.9. The SMILES string of the molecule is CCOC(=O)C[C@H](C(=O)OCC)[C@@H](NC(=O)[C@@H]1Cc2ccccc2CN1C(=O)OCc1ccccc1)C(N)=O. The molecule has 1 heterocycles. The number of nitrogens with zero attached hydrogens (tertiary/aromatic N) is 1. The van der Waals surface area contributed by atoms with E-state index in [9.17, 15) is 24.0 Å². The lowest BCUT2D eigenvalue weighted by atomic mass is 9.92. The molecule has 0 aromatic heterocycles. The van der Waals surface area contributed by atoms with Crippen molar-refractivity contribution in [3.05, 3.63) is 71.3 Å². The van der Waals surface area contributed by atoms with Crippen molar-refractivity contribution in [3.8, 4) is 0 Å². The molecule has 3 N–H and O–H groups in total. The predicted molar refractivity (Wildman–Crippen MR) is 139 cm³/mol. The second-order valence-electron chi connectivity index (χ2n) is 8.91. The molecule has 3 amide bonds. The average molecular weight is 540 g/mol. The van der Waals surface area contributed by atoms with Crippen LogP contribution in [-0.4, -0.2) is 60.0 Å². The summed E-state index contributed by atoms with van der Waals surface area (Å²) in [6, 6.07) is 13.8. The highest BCUT2D eigenvalue weighted by molar-refractivity contribution is 5.95. The molecule has 11 nitrogen and oxygen atoms in total. The summed E-state index contributed by atoms with van der Waals surface area (Å²) >= 11 is 0. The van der Waals surface area contributed by atoms with E-state index in [0.717, 1.165) is 16.7 Å². The number of hydrogen-bond acceptors (Lipinski definition) is 8. The Morgan fingerprint density at radius 1 is 0.923 bits per heavy atom. The van der Waals surface area contributed by atoms with Gasteiger partial charge in [-0.05, 0) is 30.5 Å². The fourth-order valence-corrected chi connectivity index (χ4v) is 4.36.